The van der Waals surface area contributed by atoms with E-state index in [4.69, 9.17) is 18.9 Å². The minimum atomic E-state index is 0.161. The van der Waals surface area contributed by atoms with Gasteiger partial charge in [0.25, 0.3) is 5.95 Å². The second-order valence-electron chi connectivity index (χ2n) is 7.25. The van der Waals surface area contributed by atoms with E-state index in [1.807, 2.05) is 18.2 Å². The van der Waals surface area contributed by atoms with Crippen LogP contribution in [-0.2, 0) is 9.47 Å². The van der Waals surface area contributed by atoms with Gasteiger partial charge in [-0.05, 0) is 47.0 Å². The molecular formula is C26H26O4. The summed E-state index contributed by atoms with van der Waals surface area (Å²) in [5, 5.41) is 2.49. The molecule has 0 aromatic heterocycles. The number of fused-ring (bicyclic) bond motifs is 1. The molecular weight excluding hydrogens is 376 g/mol. The Morgan fingerprint density at radius 3 is 2.37 bits per heavy atom. The summed E-state index contributed by atoms with van der Waals surface area (Å²) < 4.78 is 22.6. The zero-order valence-corrected chi connectivity index (χ0v) is 17.8. The summed E-state index contributed by atoms with van der Waals surface area (Å²) in [6.07, 6.45) is 2.85. The van der Waals surface area contributed by atoms with Crippen LogP contribution >= 0.6 is 0 Å². The van der Waals surface area contributed by atoms with Gasteiger partial charge in [0.1, 0.15) is 5.76 Å². The van der Waals surface area contributed by atoms with Crippen molar-refractivity contribution in [3.05, 3.63) is 89.4 Å². The molecule has 0 aliphatic carbocycles. The second-order valence-corrected chi connectivity index (χ2v) is 7.25. The van der Waals surface area contributed by atoms with Crippen LogP contribution in [0.25, 0.3) is 16.5 Å². The van der Waals surface area contributed by atoms with E-state index in [9.17, 15) is 0 Å². The van der Waals surface area contributed by atoms with E-state index in [0.29, 0.717) is 17.4 Å². The molecule has 154 valence electrons. The lowest BCUT2D eigenvalue weighted by Crippen LogP contribution is -2.10. The Hall–Kier alpha value is -3.40. The smallest absolute Gasteiger partial charge is 0.284 e. The molecule has 3 aromatic rings. The standard InChI is InChI=1S/C26H26O4/c1-17(20-11-7-9-18-8-5-6-10-22(18)20)21-13-15-23(30-26(21)29-4)19-12-14-24(27-2)25(16-19)28-3/h5-12,14-17H,13H2,1-4H3. The van der Waals surface area contributed by atoms with Crippen LogP contribution in [-0.4, -0.2) is 21.3 Å². The van der Waals surface area contributed by atoms with Gasteiger partial charge in [0.2, 0.25) is 0 Å². The first-order valence-corrected chi connectivity index (χ1v) is 10.0. The highest BCUT2D eigenvalue weighted by Gasteiger charge is 2.25. The van der Waals surface area contributed by atoms with E-state index in [1.165, 1.54) is 16.3 Å². The third-order valence-electron chi connectivity index (χ3n) is 5.64. The Balaban J connectivity index is 1.66. The third kappa shape index (κ3) is 3.61. The SMILES string of the molecule is COC1=C(C(C)c2cccc3ccccc23)CC=C(c2ccc(OC)c(OC)c2)O1. The van der Waals surface area contributed by atoms with Crippen LogP contribution in [0.3, 0.4) is 0 Å². The van der Waals surface area contributed by atoms with Crippen molar-refractivity contribution in [3.8, 4) is 11.5 Å². The average Bonchev–Trinajstić information content (AvgIpc) is 2.82. The largest absolute Gasteiger partial charge is 0.493 e. The molecule has 30 heavy (non-hydrogen) atoms. The van der Waals surface area contributed by atoms with Crippen LogP contribution in [0.1, 0.15) is 30.4 Å². The van der Waals surface area contributed by atoms with E-state index >= 15 is 0 Å². The fourth-order valence-electron chi connectivity index (χ4n) is 4.00. The monoisotopic (exact) mass is 402 g/mol. The van der Waals surface area contributed by atoms with E-state index in [1.54, 1.807) is 21.3 Å². The molecule has 4 heteroatoms. The Bertz CT molecular complexity index is 1120. The number of hydrogen-bond acceptors (Lipinski definition) is 4. The van der Waals surface area contributed by atoms with Gasteiger partial charge in [-0.1, -0.05) is 49.4 Å². The minimum absolute atomic E-state index is 0.161. The van der Waals surface area contributed by atoms with Crippen LogP contribution in [0.2, 0.25) is 0 Å². The van der Waals surface area contributed by atoms with Gasteiger partial charge >= 0.3 is 0 Å². The Labute approximate surface area is 177 Å². The zero-order chi connectivity index (χ0) is 21.1. The summed E-state index contributed by atoms with van der Waals surface area (Å²) >= 11 is 0. The maximum absolute atomic E-state index is 6.18. The van der Waals surface area contributed by atoms with Crippen LogP contribution in [0.4, 0.5) is 0 Å². The highest BCUT2D eigenvalue weighted by atomic mass is 16.7. The Morgan fingerprint density at radius 2 is 1.60 bits per heavy atom. The van der Waals surface area contributed by atoms with Gasteiger partial charge in [0, 0.05) is 17.1 Å². The van der Waals surface area contributed by atoms with Crippen LogP contribution in [0.5, 0.6) is 11.5 Å². The van der Waals surface area contributed by atoms with Crippen molar-refractivity contribution >= 4 is 16.5 Å². The number of allylic oxidation sites excluding steroid dienone is 2. The second kappa shape index (κ2) is 8.54. The summed E-state index contributed by atoms with van der Waals surface area (Å²) in [5.74, 6) is 2.82. The highest BCUT2D eigenvalue weighted by Crippen LogP contribution is 2.40. The van der Waals surface area contributed by atoms with Crippen molar-refractivity contribution < 1.29 is 18.9 Å². The van der Waals surface area contributed by atoms with Crippen molar-refractivity contribution in [2.75, 3.05) is 21.3 Å². The molecule has 0 bridgehead atoms. The quantitative estimate of drug-likeness (QED) is 0.486. The predicted molar refractivity (Wildman–Crippen MR) is 120 cm³/mol. The molecule has 0 saturated carbocycles. The number of hydrogen-bond donors (Lipinski definition) is 0. The molecule has 0 fully saturated rings. The molecule has 0 radical (unpaired) electrons. The van der Waals surface area contributed by atoms with Crippen LogP contribution in [0.15, 0.2) is 78.3 Å². The first-order chi connectivity index (χ1) is 14.7. The fourth-order valence-corrected chi connectivity index (χ4v) is 4.00. The first kappa shape index (κ1) is 19.9. The Morgan fingerprint density at radius 1 is 0.833 bits per heavy atom. The van der Waals surface area contributed by atoms with Crippen molar-refractivity contribution in [2.45, 2.75) is 19.3 Å². The molecule has 1 unspecified atom stereocenters. The topological polar surface area (TPSA) is 36.9 Å². The fraction of sp³-hybridized carbons (Fsp3) is 0.231. The molecule has 4 nitrogen and oxygen atoms in total. The maximum atomic E-state index is 6.18. The van der Waals surface area contributed by atoms with Crippen molar-refractivity contribution in [1.82, 2.24) is 0 Å². The number of rotatable bonds is 6. The average molecular weight is 402 g/mol. The van der Waals surface area contributed by atoms with Gasteiger partial charge in [-0.15, -0.1) is 0 Å². The van der Waals surface area contributed by atoms with E-state index in [2.05, 4.69) is 55.5 Å². The zero-order valence-electron chi connectivity index (χ0n) is 17.8. The number of ether oxygens (including phenoxy) is 4. The molecule has 0 saturated heterocycles. The van der Waals surface area contributed by atoms with E-state index < -0.39 is 0 Å². The molecule has 0 N–H and O–H groups in total. The van der Waals surface area contributed by atoms with Crippen molar-refractivity contribution in [1.29, 1.82) is 0 Å². The lowest BCUT2D eigenvalue weighted by Gasteiger charge is -2.25. The molecule has 1 aliphatic rings. The number of benzene rings is 3. The molecule has 1 heterocycles. The molecule has 3 aromatic carbocycles. The summed E-state index contributed by atoms with van der Waals surface area (Å²) in [6.45, 7) is 2.20. The summed E-state index contributed by atoms with van der Waals surface area (Å²) in [7, 11) is 4.91. The summed E-state index contributed by atoms with van der Waals surface area (Å²) in [5.41, 5.74) is 3.31. The molecule has 1 aliphatic heterocycles. The number of methoxy groups -OCH3 is 3. The summed E-state index contributed by atoms with van der Waals surface area (Å²) in [4.78, 5) is 0. The molecule has 0 amide bonds. The summed E-state index contributed by atoms with van der Waals surface area (Å²) in [6, 6.07) is 20.6. The molecule has 0 spiro atoms. The van der Waals surface area contributed by atoms with Gasteiger partial charge in [-0.2, -0.15) is 0 Å². The Kier molecular flexibility index (Phi) is 5.66. The lowest BCUT2D eigenvalue weighted by atomic mass is 9.87. The van der Waals surface area contributed by atoms with E-state index in [0.717, 1.165) is 23.3 Å². The van der Waals surface area contributed by atoms with Crippen molar-refractivity contribution in [2.24, 2.45) is 0 Å². The first-order valence-electron chi connectivity index (χ1n) is 10.0. The molecule has 4 rings (SSSR count). The van der Waals surface area contributed by atoms with Gasteiger partial charge in [-0.25, -0.2) is 0 Å². The lowest BCUT2D eigenvalue weighted by molar-refractivity contribution is 0.121. The van der Waals surface area contributed by atoms with Gasteiger partial charge in [0.05, 0.1) is 21.3 Å². The normalized spacial score (nSPS) is 14.7. The highest BCUT2D eigenvalue weighted by molar-refractivity contribution is 5.86. The van der Waals surface area contributed by atoms with Gasteiger partial charge in [-0.3, -0.25) is 0 Å². The third-order valence-corrected chi connectivity index (χ3v) is 5.64. The van der Waals surface area contributed by atoms with Gasteiger partial charge < -0.3 is 18.9 Å². The molecule has 1 atom stereocenters. The van der Waals surface area contributed by atoms with Crippen LogP contribution < -0.4 is 9.47 Å². The maximum Gasteiger partial charge on any atom is 0.284 e. The predicted octanol–water partition coefficient (Wildman–Crippen LogP) is 6.28. The van der Waals surface area contributed by atoms with Gasteiger partial charge in [0.15, 0.2) is 11.5 Å². The van der Waals surface area contributed by atoms with E-state index in [-0.39, 0.29) is 5.92 Å². The van der Waals surface area contributed by atoms with Crippen LogP contribution in [0, 0.1) is 0 Å². The minimum Gasteiger partial charge on any atom is -0.493 e. The van der Waals surface area contributed by atoms with Crippen molar-refractivity contribution in [3.63, 3.8) is 0 Å².